The van der Waals surface area contributed by atoms with Crippen molar-refractivity contribution in [1.82, 2.24) is 10.1 Å². The van der Waals surface area contributed by atoms with E-state index in [4.69, 9.17) is 18.7 Å². The maximum absolute atomic E-state index is 12.7. The molecular weight excluding hydrogens is 386 g/mol. The van der Waals surface area contributed by atoms with Gasteiger partial charge in [0, 0.05) is 30.3 Å². The highest BCUT2D eigenvalue weighted by Gasteiger charge is 2.35. The Hall–Kier alpha value is -3.55. The van der Waals surface area contributed by atoms with Gasteiger partial charge in [0.1, 0.15) is 19.0 Å². The third-order valence-corrected chi connectivity index (χ3v) is 5.16. The smallest absolute Gasteiger partial charge is 0.232 e. The number of fused-ring (bicyclic) bond motifs is 1. The zero-order valence-corrected chi connectivity index (χ0v) is 16.5. The fourth-order valence-corrected chi connectivity index (χ4v) is 3.73. The molecule has 1 saturated heterocycles. The Morgan fingerprint density at radius 1 is 1.13 bits per heavy atom. The van der Waals surface area contributed by atoms with Crippen LogP contribution >= 0.6 is 0 Å². The fourth-order valence-electron chi connectivity index (χ4n) is 3.73. The van der Waals surface area contributed by atoms with Gasteiger partial charge in [0.25, 0.3) is 0 Å². The average Bonchev–Trinajstić information content (AvgIpc) is 3.41. The Bertz CT molecular complexity index is 1080. The van der Waals surface area contributed by atoms with Gasteiger partial charge in [0.05, 0.1) is 12.5 Å². The summed E-state index contributed by atoms with van der Waals surface area (Å²) in [7, 11) is 0. The van der Waals surface area contributed by atoms with E-state index in [1.807, 2.05) is 49.4 Å². The lowest BCUT2D eigenvalue weighted by atomic mass is 10.1. The van der Waals surface area contributed by atoms with Crippen molar-refractivity contribution >= 4 is 11.6 Å². The van der Waals surface area contributed by atoms with Crippen LogP contribution in [0.4, 0.5) is 5.69 Å². The first-order valence-electron chi connectivity index (χ1n) is 9.98. The highest BCUT2D eigenvalue weighted by atomic mass is 16.6. The van der Waals surface area contributed by atoms with Crippen LogP contribution in [0.15, 0.2) is 47.0 Å². The first kappa shape index (κ1) is 18.5. The normalized spacial score (nSPS) is 18.0. The van der Waals surface area contributed by atoms with Crippen molar-refractivity contribution in [3.8, 4) is 28.6 Å². The third-order valence-electron chi connectivity index (χ3n) is 5.16. The minimum absolute atomic E-state index is 0.00905. The van der Waals surface area contributed by atoms with Crippen LogP contribution in [0, 0.1) is 0 Å². The molecule has 3 heterocycles. The number of amides is 1. The van der Waals surface area contributed by atoms with E-state index in [-0.39, 0.29) is 11.8 Å². The van der Waals surface area contributed by atoms with Gasteiger partial charge in [-0.3, -0.25) is 4.79 Å². The van der Waals surface area contributed by atoms with Crippen molar-refractivity contribution in [1.29, 1.82) is 0 Å². The van der Waals surface area contributed by atoms with Crippen LogP contribution in [0.5, 0.6) is 17.2 Å². The molecule has 0 radical (unpaired) electrons. The minimum Gasteiger partial charge on any atom is -0.494 e. The predicted molar refractivity (Wildman–Crippen MR) is 108 cm³/mol. The van der Waals surface area contributed by atoms with Gasteiger partial charge in [-0.15, -0.1) is 0 Å². The van der Waals surface area contributed by atoms with Gasteiger partial charge < -0.3 is 23.6 Å². The molecule has 1 fully saturated rings. The molecular formula is C22H21N3O5. The lowest BCUT2D eigenvalue weighted by Crippen LogP contribution is -2.24. The molecule has 0 aliphatic carbocycles. The van der Waals surface area contributed by atoms with Gasteiger partial charge in [0.2, 0.25) is 17.6 Å². The molecule has 1 atom stereocenters. The highest BCUT2D eigenvalue weighted by molar-refractivity contribution is 5.96. The van der Waals surface area contributed by atoms with Crippen LogP contribution in [-0.2, 0) is 4.79 Å². The molecule has 8 nitrogen and oxygen atoms in total. The zero-order chi connectivity index (χ0) is 20.5. The van der Waals surface area contributed by atoms with Crippen molar-refractivity contribution < 1.29 is 23.5 Å². The van der Waals surface area contributed by atoms with Crippen LogP contribution in [0.3, 0.4) is 0 Å². The molecule has 1 unspecified atom stereocenters. The highest BCUT2D eigenvalue weighted by Crippen LogP contribution is 2.37. The summed E-state index contributed by atoms with van der Waals surface area (Å²) < 4.78 is 22.2. The third kappa shape index (κ3) is 3.45. The van der Waals surface area contributed by atoms with E-state index in [1.54, 1.807) is 4.90 Å². The van der Waals surface area contributed by atoms with Gasteiger partial charge in [-0.1, -0.05) is 17.3 Å². The average molecular weight is 407 g/mol. The van der Waals surface area contributed by atoms with E-state index in [0.717, 1.165) is 17.0 Å². The second kappa shape index (κ2) is 7.70. The Morgan fingerprint density at radius 2 is 2.00 bits per heavy atom. The van der Waals surface area contributed by atoms with Gasteiger partial charge in [0.15, 0.2) is 11.5 Å². The van der Waals surface area contributed by atoms with Crippen molar-refractivity contribution in [2.24, 2.45) is 0 Å². The second-order valence-electron chi connectivity index (χ2n) is 7.15. The second-order valence-corrected chi connectivity index (χ2v) is 7.15. The summed E-state index contributed by atoms with van der Waals surface area (Å²) in [5.74, 6) is 2.89. The Morgan fingerprint density at radius 3 is 2.87 bits per heavy atom. The van der Waals surface area contributed by atoms with Crippen LogP contribution in [0.25, 0.3) is 11.4 Å². The Labute approximate surface area is 173 Å². The first-order valence-corrected chi connectivity index (χ1v) is 9.98. The summed E-state index contributed by atoms with van der Waals surface area (Å²) in [6.07, 6.45) is 0.315. The summed E-state index contributed by atoms with van der Waals surface area (Å²) in [6, 6.07) is 13.1. The molecule has 2 aromatic carbocycles. The van der Waals surface area contributed by atoms with Gasteiger partial charge >= 0.3 is 0 Å². The first-order chi connectivity index (χ1) is 14.7. The molecule has 1 aromatic heterocycles. The van der Waals surface area contributed by atoms with Crippen LogP contribution in [-0.4, -0.2) is 42.4 Å². The van der Waals surface area contributed by atoms with Gasteiger partial charge in [-0.2, -0.15) is 4.98 Å². The number of carbonyl (C=O) groups excluding carboxylic acids is 1. The summed E-state index contributed by atoms with van der Waals surface area (Å²) in [4.78, 5) is 18.9. The molecule has 0 spiro atoms. The minimum atomic E-state index is -0.165. The van der Waals surface area contributed by atoms with Crippen LogP contribution < -0.4 is 19.1 Å². The maximum atomic E-state index is 12.7. The summed E-state index contributed by atoms with van der Waals surface area (Å²) in [5.41, 5.74) is 1.58. The predicted octanol–water partition coefficient (Wildman–Crippen LogP) is 3.43. The lowest BCUT2D eigenvalue weighted by molar-refractivity contribution is -0.117. The van der Waals surface area contributed by atoms with E-state index in [9.17, 15) is 4.79 Å². The Kier molecular flexibility index (Phi) is 4.74. The number of ether oxygens (including phenoxy) is 3. The van der Waals surface area contributed by atoms with Gasteiger partial charge in [-0.05, 0) is 31.2 Å². The molecule has 2 aliphatic heterocycles. The van der Waals surface area contributed by atoms with Crippen molar-refractivity contribution in [2.45, 2.75) is 19.3 Å². The number of anilines is 1. The fraction of sp³-hybridized carbons (Fsp3) is 0.318. The maximum Gasteiger partial charge on any atom is 0.232 e. The van der Waals surface area contributed by atoms with Crippen LogP contribution in [0.2, 0.25) is 0 Å². The van der Waals surface area contributed by atoms with Crippen molar-refractivity contribution in [3.05, 3.63) is 48.4 Å². The van der Waals surface area contributed by atoms with Crippen molar-refractivity contribution in [3.63, 3.8) is 0 Å². The molecule has 5 rings (SSSR count). The van der Waals surface area contributed by atoms with E-state index in [1.165, 1.54) is 0 Å². The van der Waals surface area contributed by atoms with E-state index in [2.05, 4.69) is 10.1 Å². The molecule has 154 valence electrons. The van der Waals surface area contributed by atoms with Crippen molar-refractivity contribution in [2.75, 3.05) is 31.3 Å². The molecule has 0 N–H and O–H groups in total. The largest absolute Gasteiger partial charge is 0.494 e. The van der Waals surface area contributed by atoms with Crippen LogP contribution in [0.1, 0.15) is 25.2 Å². The van der Waals surface area contributed by atoms with Gasteiger partial charge in [-0.25, -0.2) is 0 Å². The molecule has 3 aromatic rings. The molecule has 8 heteroatoms. The number of rotatable bonds is 5. The number of carbonyl (C=O) groups is 1. The SMILES string of the molecule is CCOc1cccc(-c2noc(C3CC(=O)N(c4ccc5c(c4)OCCO5)C3)n2)c1. The Balaban J connectivity index is 1.34. The zero-order valence-electron chi connectivity index (χ0n) is 16.5. The number of aromatic nitrogens is 2. The van der Waals surface area contributed by atoms with E-state index >= 15 is 0 Å². The number of hydrogen-bond donors (Lipinski definition) is 0. The summed E-state index contributed by atoms with van der Waals surface area (Å²) >= 11 is 0. The molecule has 1 amide bonds. The molecule has 30 heavy (non-hydrogen) atoms. The number of benzene rings is 2. The van der Waals surface area contributed by atoms with E-state index in [0.29, 0.717) is 56.0 Å². The molecule has 0 bridgehead atoms. The number of nitrogens with zero attached hydrogens (tertiary/aromatic N) is 3. The number of hydrogen-bond acceptors (Lipinski definition) is 7. The topological polar surface area (TPSA) is 86.9 Å². The molecule has 2 aliphatic rings. The summed E-state index contributed by atoms with van der Waals surface area (Å²) in [5, 5.41) is 4.10. The summed E-state index contributed by atoms with van der Waals surface area (Å²) in [6.45, 7) is 4.02. The molecule has 0 saturated carbocycles. The lowest BCUT2D eigenvalue weighted by Gasteiger charge is -2.22. The quantitative estimate of drug-likeness (QED) is 0.640. The monoisotopic (exact) mass is 407 g/mol. The standard InChI is InChI=1S/C22H21N3O5/c1-2-27-17-5-3-4-14(10-17)21-23-22(30-24-21)15-11-20(26)25(13-15)16-6-7-18-19(12-16)29-9-8-28-18/h3-7,10,12,15H,2,8-9,11,13H2,1H3. The van der Waals surface area contributed by atoms with E-state index < -0.39 is 0 Å².